The number of aryl methyl sites for hydroxylation is 1. The van der Waals surface area contributed by atoms with Crippen molar-refractivity contribution in [2.75, 3.05) is 33.3 Å². The monoisotopic (exact) mass is 491 g/mol. The Morgan fingerprint density at radius 3 is 2.93 bits per heavy atom. The Labute approximate surface area is 174 Å². The Kier molecular flexibility index (Phi) is 7.96. The Hall–Kier alpha value is -1.75. The molecule has 1 atom stereocenters. The van der Waals surface area contributed by atoms with Crippen molar-refractivity contribution in [2.45, 2.75) is 12.5 Å². The summed E-state index contributed by atoms with van der Waals surface area (Å²) < 4.78 is 34.6. The van der Waals surface area contributed by atoms with E-state index in [-0.39, 0.29) is 30.1 Å². The lowest BCUT2D eigenvalue weighted by molar-refractivity contribution is -0.00801. The molecule has 1 saturated heterocycles. The van der Waals surface area contributed by atoms with Crippen LogP contribution in [0.1, 0.15) is 17.2 Å². The molecule has 9 heteroatoms. The van der Waals surface area contributed by atoms with E-state index in [0.717, 1.165) is 17.6 Å². The highest BCUT2D eigenvalue weighted by atomic mass is 127. The van der Waals surface area contributed by atoms with Crippen LogP contribution in [0.3, 0.4) is 0 Å². The number of benzene rings is 1. The van der Waals surface area contributed by atoms with E-state index in [1.807, 2.05) is 13.2 Å². The lowest BCUT2D eigenvalue weighted by atomic mass is 10.1. The lowest BCUT2D eigenvalue weighted by Gasteiger charge is -2.34. The molecule has 0 saturated carbocycles. The smallest absolute Gasteiger partial charge is 0.193 e. The van der Waals surface area contributed by atoms with E-state index in [1.54, 1.807) is 24.0 Å². The fourth-order valence-electron chi connectivity index (χ4n) is 3.03. The molecule has 3 rings (SSSR count). The second-order valence-corrected chi connectivity index (χ2v) is 6.19. The van der Waals surface area contributed by atoms with Gasteiger partial charge in [-0.25, -0.2) is 8.78 Å². The third-order valence-corrected chi connectivity index (χ3v) is 4.38. The Morgan fingerprint density at radius 1 is 1.41 bits per heavy atom. The number of hydrogen-bond acceptors (Lipinski definition) is 3. The molecule has 1 unspecified atom stereocenters. The number of nitrogens with zero attached hydrogens (tertiary/aromatic N) is 4. The van der Waals surface area contributed by atoms with Crippen molar-refractivity contribution in [3.8, 4) is 0 Å². The summed E-state index contributed by atoms with van der Waals surface area (Å²) in [5.74, 6) is -0.884. The molecule has 6 nitrogen and oxygen atoms in total. The number of aromatic nitrogens is 2. The molecule has 0 aliphatic carbocycles. The number of hydrogen-bond donors (Lipinski definition) is 1. The van der Waals surface area contributed by atoms with Crippen LogP contribution in [-0.4, -0.2) is 53.9 Å². The van der Waals surface area contributed by atoms with E-state index in [0.29, 0.717) is 38.2 Å². The summed E-state index contributed by atoms with van der Waals surface area (Å²) in [6, 6.07) is 4.23. The quantitative estimate of drug-likeness (QED) is 0.406. The van der Waals surface area contributed by atoms with Crippen LogP contribution in [-0.2, 0) is 18.2 Å². The SMILES string of the molecule is CN=C(NCCc1cccc(F)c1F)N1CCOC(c2cnn(C)c2)C1.I. The Balaban J connectivity index is 0.00000261. The zero-order chi connectivity index (χ0) is 18.5. The molecule has 1 aromatic carbocycles. The van der Waals surface area contributed by atoms with Crippen LogP contribution in [0.15, 0.2) is 35.6 Å². The molecule has 1 aromatic heterocycles. The fourth-order valence-corrected chi connectivity index (χ4v) is 3.03. The molecule has 2 heterocycles. The molecule has 0 spiro atoms. The zero-order valence-corrected chi connectivity index (χ0v) is 17.7. The van der Waals surface area contributed by atoms with Gasteiger partial charge in [-0.1, -0.05) is 12.1 Å². The van der Waals surface area contributed by atoms with Crippen molar-refractivity contribution in [1.29, 1.82) is 0 Å². The van der Waals surface area contributed by atoms with Gasteiger partial charge in [-0.05, 0) is 18.1 Å². The number of nitrogens with one attached hydrogen (secondary N) is 1. The van der Waals surface area contributed by atoms with Crippen LogP contribution in [0.25, 0.3) is 0 Å². The molecule has 1 aliphatic rings. The first-order chi connectivity index (χ1) is 12.6. The predicted octanol–water partition coefficient (Wildman–Crippen LogP) is 2.51. The molecule has 0 amide bonds. The highest BCUT2D eigenvalue weighted by Crippen LogP contribution is 2.21. The number of morpholine rings is 1. The lowest BCUT2D eigenvalue weighted by Crippen LogP contribution is -2.48. The fraction of sp³-hybridized carbons (Fsp3) is 0.444. The van der Waals surface area contributed by atoms with Gasteiger partial charge in [0.25, 0.3) is 0 Å². The number of rotatable bonds is 4. The van der Waals surface area contributed by atoms with Crippen molar-refractivity contribution in [2.24, 2.45) is 12.0 Å². The van der Waals surface area contributed by atoms with Crippen molar-refractivity contribution in [1.82, 2.24) is 20.0 Å². The predicted molar refractivity (Wildman–Crippen MR) is 110 cm³/mol. The molecule has 1 N–H and O–H groups in total. The molecule has 148 valence electrons. The first-order valence-corrected chi connectivity index (χ1v) is 8.57. The normalized spacial score (nSPS) is 17.6. The van der Waals surface area contributed by atoms with Crippen molar-refractivity contribution >= 4 is 29.9 Å². The molecule has 1 aliphatic heterocycles. The first-order valence-electron chi connectivity index (χ1n) is 8.57. The topological polar surface area (TPSA) is 54.7 Å². The van der Waals surface area contributed by atoms with E-state index in [9.17, 15) is 8.78 Å². The van der Waals surface area contributed by atoms with Gasteiger partial charge in [-0.2, -0.15) is 5.10 Å². The van der Waals surface area contributed by atoms with E-state index in [1.165, 1.54) is 6.07 Å². The second-order valence-electron chi connectivity index (χ2n) is 6.19. The maximum Gasteiger partial charge on any atom is 0.193 e. The van der Waals surface area contributed by atoms with E-state index in [4.69, 9.17) is 4.74 Å². The number of aliphatic imine (C=N–C) groups is 1. The summed E-state index contributed by atoms with van der Waals surface area (Å²) in [5, 5.41) is 7.41. The van der Waals surface area contributed by atoms with Gasteiger partial charge >= 0.3 is 0 Å². The highest BCUT2D eigenvalue weighted by molar-refractivity contribution is 14.0. The minimum absolute atomic E-state index is 0. The minimum atomic E-state index is -0.820. The van der Waals surface area contributed by atoms with Gasteiger partial charge in [-0.15, -0.1) is 24.0 Å². The van der Waals surface area contributed by atoms with Gasteiger partial charge < -0.3 is 15.0 Å². The van der Waals surface area contributed by atoms with Crippen LogP contribution in [0.4, 0.5) is 8.78 Å². The molecule has 1 fully saturated rings. The van der Waals surface area contributed by atoms with Gasteiger partial charge in [0.1, 0.15) is 6.10 Å². The number of ether oxygens (including phenoxy) is 1. The Morgan fingerprint density at radius 2 is 2.22 bits per heavy atom. The van der Waals surface area contributed by atoms with Gasteiger partial charge in [0.15, 0.2) is 17.6 Å². The van der Waals surface area contributed by atoms with Crippen LogP contribution >= 0.6 is 24.0 Å². The van der Waals surface area contributed by atoms with Crippen LogP contribution in [0.5, 0.6) is 0 Å². The number of guanidine groups is 1. The van der Waals surface area contributed by atoms with Crippen molar-refractivity contribution in [3.05, 3.63) is 53.4 Å². The van der Waals surface area contributed by atoms with E-state index >= 15 is 0 Å². The molecule has 2 aromatic rings. The van der Waals surface area contributed by atoms with Crippen molar-refractivity contribution in [3.63, 3.8) is 0 Å². The summed E-state index contributed by atoms with van der Waals surface area (Å²) >= 11 is 0. The molecule has 0 radical (unpaired) electrons. The molecule has 27 heavy (non-hydrogen) atoms. The summed E-state index contributed by atoms with van der Waals surface area (Å²) in [5.41, 5.74) is 1.37. The second kappa shape index (κ2) is 9.98. The van der Waals surface area contributed by atoms with Crippen molar-refractivity contribution < 1.29 is 13.5 Å². The number of halogens is 3. The standard InChI is InChI=1S/C18H23F2N5O.HI/c1-21-18(22-7-6-13-4-3-5-15(19)17(13)20)25-8-9-26-16(12-25)14-10-23-24(2)11-14;/h3-5,10-11,16H,6-9,12H2,1-2H3,(H,21,22);1H. The maximum absolute atomic E-state index is 13.7. The maximum atomic E-state index is 13.7. The highest BCUT2D eigenvalue weighted by Gasteiger charge is 2.25. The first kappa shape index (κ1) is 21.5. The van der Waals surface area contributed by atoms with Crippen LogP contribution < -0.4 is 5.32 Å². The third kappa shape index (κ3) is 5.38. The summed E-state index contributed by atoms with van der Waals surface area (Å²) in [7, 11) is 3.58. The molecular formula is C18H24F2IN5O. The van der Waals surface area contributed by atoms with Gasteiger partial charge in [0.05, 0.1) is 19.3 Å². The molecular weight excluding hydrogens is 467 g/mol. The van der Waals surface area contributed by atoms with Gasteiger partial charge in [0.2, 0.25) is 0 Å². The zero-order valence-electron chi connectivity index (χ0n) is 15.4. The Bertz CT molecular complexity index is 783. The van der Waals surface area contributed by atoms with Crippen LogP contribution in [0.2, 0.25) is 0 Å². The summed E-state index contributed by atoms with van der Waals surface area (Å²) in [4.78, 5) is 6.40. The minimum Gasteiger partial charge on any atom is -0.370 e. The van der Waals surface area contributed by atoms with Crippen LogP contribution in [0, 0.1) is 11.6 Å². The third-order valence-electron chi connectivity index (χ3n) is 4.38. The summed E-state index contributed by atoms with van der Waals surface area (Å²) in [6.07, 6.45) is 4.05. The molecule has 0 bridgehead atoms. The average Bonchev–Trinajstić information content (AvgIpc) is 3.09. The van der Waals surface area contributed by atoms with Gasteiger partial charge in [-0.3, -0.25) is 9.67 Å². The summed E-state index contributed by atoms with van der Waals surface area (Å²) in [6.45, 7) is 2.41. The van der Waals surface area contributed by atoms with E-state index < -0.39 is 11.6 Å². The van der Waals surface area contributed by atoms with E-state index in [2.05, 4.69) is 20.3 Å². The van der Waals surface area contributed by atoms with Gasteiger partial charge in [0, 0.05) is 38.9 Å². The average molecular weight is 491 g/mol. The largest absolute Gasteiger partial charge is 0.370 e.